The molecule has 8 heteroatoms. The number of pyridine rings is 1. The lowest BCUT2D eigenvalue weighted by Crippen LogP contribution is -2.26. The van der Waals surface area contributed by atoms with E-state index in [0.29, 0.717) is 27.1 Å². The van der Waals surface area contributed by atoms with Crippen molar-refractivity contribution in [2.45, 2.75) is 6.92 Å². The highest BCUT2D eigenvalue weighted by Crippen LogP contribution is 2.37. The van der Waals surface area contributed by atoms with Gasteiger partial charge in [-0.05, 0) is 31.2 Å². The van der Waals surface area contributed by atoms with Gasteiger partial charge in [-0.15, -0.1) is 0 Å². The van der Waals surface area contributed by atoms with Gasteiger partial charge in [-0.25, -0.2) is 4.98 Å². The first kappa shape index (κ1) is 22.1. The predicted molar refractivity (Wildman–Crippen MR) is 130 cm³/mol. The minimum absolute atomic E-state index is 0.159. The van der Waals surface area contributed by atoms with Crippen LogP contribution in [0.5, 0.6) is 5.75 Å². The van der Waals surface area contributed by atoms with Crippen LogP contribution in [0.4, 0.5) is 5.69 Å². The Morgan fingerprint density at radius 1 is 0.912 bits per heavy atom. The molecule has 1 aliphatic rings. The molecule has 168 valence electrons. The molecule has 1 N–H and O–H groups in total. The Labute approximate surface area is 204 Å². The molecular weight excluding hydrogens is 475 g/mol. The molecule has 5 rings (SSSR count). The summed E-state index contributed by atoms with van der Waals surface area (Å²) >= 11 is 12.6. The molecule has 0 aliphatic heterocycles. The Balaban J connectivity index is 1.42. The van der Waals surface area contributed by atoms with Crippen LogP contribution in [-0.4, -0.2) is 29.1 Å². The van der Waals surface area contributed by atoms with Crippen LogP contribution in [0.2, 0.25) is 10.0 Å². The lowest BCUT2D eigenvalue weighted by molar-refractivity contribution is -0.118. The first-order chi connectivity index (χ1) is 16.3. The zero-order chi connectivity index (χ0) is 24.0. The minimum Gasteiger partial charge on any atom is -0.480 e. The standard InChI is InChI=1S/C26H16Cl2N2O4/c1-13-9-10-16-18(27)11-19(28)26(23(16)29-13)34-12-21(31)30-20-8-4-7-17-22(20)25(33)15-6-3-2-5-14(15)24(17)32/h2-11H,12H2,1H3,(H,30,31). The van der Waals surface area contributed by atoms with Crippen LogP contribution in [0.3, 0.4) is 0 Å². The third kappa shape index (κ3) is 3.71. The quantitative estimate of drug-likeness (QED) is 0.352. The minimum atomic E-state index is -0.528. The lowest BCUT2D eigenvalue weighted by atomic mass is 9.83. The van der Waals surface area contributed by atoms with E-state index in [0.717, 1.165) is 5.69 Å². The second-order valence-electron chi connectivity index (χ2n) is 7.79. The molecule has 0 fully saturated rings. The number of ether oxygens (including phenoxy) is 1. The number of hydrogen-bond donors (Lipinski definition) is 1. The molecule has 0 spiro atoms. The number of aromatic nitrogens is 1. The van der Waals surface area contributed by atoms with Crippen LogP contribution in [0.15, 0.2) is 60.7 Å². The van der Waals surface area contributed by atoms with E-state index in [1.54, 1.807) is 48.5 Å². The maximum Gasteiger partial charge on any atom is 0.262 e. The second kappa shape index (κ2) is 8.56. The van der Waals surface area contributed by atoms with E-state index >= 15 is 0 Å². The second-order valence-corrected chi connectivity index (χ2v) is 8.60. The monoisotopic (exact) mass is 490 g/mol. The fourth-order valence-electron chi connectivity index (χ4n) is 4.00. The average Bonchev–Trinajstić information content (AvgIpc) is 2.82. The van der Waals surface area contributed by atoms with Gasteiger partial charge in [-0.2, -0.15) is 0 Å². The number of ketones is 2. The molecule has 0 unspecified atom stereocenters. The molecule has 0 atom stereocenters. The maximum absolute atomic E-state index is 13.1. The number of halogens is 2. The van der Waals surface area contributed by atoms with E-state index in [1.807, 2.05) is 13.0 Å². The number of nitrogens with one attached hydrogen (secondary N) is 1. The van der Waals surface area contributed by atoms with Gasteiger partial charge in [-0.3, -0.25) is 14.4 Å². The van der Waals surface area contributed by atoms with Crippen molar-refractivity contribution in [3.8, 4) is 5.75 Å². The number of amides is 1. The van der Waals surface area contributed by atoms with Gasteiger partial charge in [0.25, 0.3) is 5.91 Å². The normalized spacial score (nSPS) is 12.3. The zero-order valence-electron chi connectivity index (χ0n) is 17.8. The van der Waals surface area contributed by atoms with Gasteiger partial charge in [0.2, 0.25) is 0 Å². The Morgan fingerprint density at radius 3 is 2.38 bits per heavy atom. The summed E-state index contributed by atoms with van der Waals surface area (Å²) in [6.45, 7) is 1.42. The van der Waals surface area contributed by atoms with E-state index in [4.69, 9.17) is 27.9 Å². The Kier molecular flexibility index (Phi) is 5.55. The molecule has 0 radical (unpaired) electrons. The van der Waals surface area contributed by atoms with Gasteiger partial charge < -0.3 is 10.1 Å². The van der Waals surface area contributed by atoms with E-state index in [-0.39, 0.29) is 39.2 Å². The van der Waals surface area contributed by atoms with Crippen LogP contribution in [0, 0.1) is 6.92 Å². The van der Waals surface area contributed by atoms with Gasteiger partial charge >= 0.3 is 0 Å². The van der Waals surface area contributed by atoms with E-state index in [2.05, 4.69) is 10.3 Å². The summed E-state index contributed by atoms with van der Waals surface area (Å²) in [5.41, 5.74) is 2.47. The van der Waals surface area contributed by atoms with Crippen LogP contribution < -0.4 is 10.1 Å². The SMILES string of the molecule is Cc1ccc2c(Cl)cc(Cl)c(OCC(=O)Nc3cccc4c3C(=O)c3ccccc3C4=O)c2n1. The number of aryl methyl sites for hydroxylation is 1. The highest BCUT2D eigenvalue weighted by molar-refractivity contribution is 6.39. The van der Waals surface area contributed by atoms with Gasteiger partial charge in [0.1, 0.15) is 5.52 Å². The van der Waals surface area contributed by atoms with Crippen molar-refractivity contribution < 1.29 is 19.1 Å². The molecule has 0 saturated carbocycles. The smallest absolute Gasteiger partial charge is 0.262 e. The molecule has 34 heavy (non-hydrogen) atoms. The number of anilines is 1. The first-order valence-electron chi connectivity index (χ1n) is 10.3. The third-order valence-corrected chi connectivity index (χ3v) is 6.14. The molecule has 6 nitrogen and oxygen atoms in total. The number of rotatable bonds is 4. The number of carbonyl (C=O) groups excluding carboxylic acids is 3. The molecule has 1 amide bonds. The van der Waals surface area contributed by atoms with Crippen molar-refractivity contribution in [3.05, 3.63) is 98.7 Å². The molecular formula is C26H16Cl2N2O4. The summed E-state index contributed by atoms with van der Waals surface area (Å²) in [5, 5.41) is 3.97. The van der Waals surface area contributed by atoms with Crippen LogP contribution in [0.1, 0.15) is 37.5 Å². The molecule has 1 aromatic heterocycles. The highest BCUT2D eigenvalue weighted by atomic mass is 35.5. The fourth-order valence-corrected chi connectivity index (χ4v) is 4.57. The molecule has 0 saturated heterocycles. The van der Waals surface area contributed by atoms with E-state index in [1.165, 1.54) is 6.07 Å². The van der Waals surface area contributed by atoms with Crippen molar-refractivity contribution in [2.24, 2.45) is 0 Å². The topological polar surface area (TPSA) is 85.4 Å². The van der Waals surface area contributed by atoms with Crippen LogP contribution in [0.25, 0.3) is 10.9 Å². The van der Waals surface area contributed by atoms with Crippen molar-refractivity contribution in [2.75, 3.05) is 11.9 Å². The average molecular weight is 491 g/mol. The Bertz CT molecular complexity index is 1530. The molecule has 3 aromatic carbocycles. The van der Waals surface area contributed by atoms with E-state index in [9.17, 15) is 14.4 Å². The molecule has 1 aliphatic carbocycles. The van der Waals surface area contributed by atoms with Crippen LogP contribution >= 0.6 is 23.2 Å². The molecule has 1 heterocycles. The summed E-state index contributed by atoms with van der Waals surface area (Å²) in [6.07, 6.45) is 0. The summed E-state index contributed by atoms with van der Waals surface area (Å²) in [5.74, 6) is -0.888. The fraction of sp³-hybridized carbons (Fsp3) is 0.0769. The van der Waals surface area contributed by atoms with Gasteiger partial charge in [-0.1, -0.05) is 59.6 Å². The third-order valence-electron chi connectivity index (χ3n) is 5.55. The summed E-state index contributed by atoms with van der Waals surface area (Å²) < 4.78 is 5.73. The number of hydrogen-bond acceptors (Lipinski definition) is 5. The molecule has 4 aromatic rings. The predicted octanol–water partition coefficient (Wildman–Crippen LogP) is 5.64. The van der Waals surface area contributed by atoms with Crippen LogP contribution in [-0.2, 0) is 4.79 Å². The Hall–Kier alpha value is -3.74. The summed E-state index contributed by atoms with van der Waals surface area (Å²) in [6, 6.07) is 16.5. The number of benzene rings is 3. The summed E-state index contributed by atoms with van der Waals surface area (Å²) in [4.78, 5) is 43.2. The largest absolute Gasteiger partial charge is 0.480 e. The van der Waals surface area contributed by atoms with Gasteiger partial charge in [0, 0.05) is 27.8 Å². The highest BCUT2D eigenvalue weighted by Gasteiger charge is 2.31. The van der Waals surface area contributed by atoms with E-state index < -0.39 is 12.5 Å². The number of nitrogens with zero attached hydrogens (tertiary/aromatic N) is 1. The van der Waals surface area contributed by atoms with Crippen molar-refractivity contribution in [1.82, 2.24) is 4.98 Å². The Morgan fingerprint density at radius 2 is 1.62 bits per heavy atom. The maximum atomic E-state index is 13.1. The zero-order valence-corrected chi connectivity index (χ0v) is 19.3. The van der Waals surface area contributed by atoms with Crippen molar-refractivity contribution in [1.29, 1.82) is 0 Å². The molecule has 0 bridgehead atoms. The van der Waals surface area contributed by atoms with Gasteiger partial charge in [0.05, 0.1) is 21.3 Å². The van der Waals surface area contributed by atoms with Gasteiger partial charge in [0.15, 0.2) is 23.9 Å². The number of fused-ring (bicyclic) bond motifs is 3. The van der Waals surface area contributed by atoms with Crippen molar-refractivity contribution in [3.63, 3.8) is 0 Å². The first-order valence-corrected chi connectivity index (χ1v) is 11.1. The summed E-state index contributed by atoms with van der Waals surface area (Å²) in [7, 11) is 0. The van der Waals surface area contributed by atoms with Crippen molar-refractivity contribution >= 4 is 57.3 Å². The number of carbonyl (C=O) groups is 3. The lowest BCUT2D eigenvalue weighted by Gasteiger charge is -2.20.